The number of likely N-dealkylation sites (tertiary alicyclic amines) is 1. The van der Waals surface area contributed by atoms with E-state index in [0.717, 1.165) is 16.7 Å². The minimum atomic E-state index is -5.08. The first-order valence-corrected chi connectivity index (χ1v) is 12.1. The summed E-state index contributed by atoms with van der Waals surface area (Å²) in [7, 11) is 0. The second-order valence-electron chi connectivity index (χ2n) is 8.74. The lowest BCUT2D eigenvalue weighted by atomic mass is 9.73. The number of amides is 1. The molecule has 1 atom stereocenters. The van der Waals surface area contributed by atoms with E-state index in [1.807, 2.05) is 37.3 Å². The first-order chi connectivity index (χ1) is 17.4. The zero-order valence-electron chi connectivity index (χ0n) is 20.3. The fourth-order valence-electron chi connectivity index (χ4n) is 3.88. The van der Waals surface area contributed by atoms with Crippen LogP contribution in [0.15, 0.2) is 48.8 Å². The number of carboxylic acid groups (broad SMARTS) is 1. The Bertz CT molecular complexity index is 1060. The van der Waals surface area contributed by atoms with E-state index < -0.39 is 23.6 Å². The molecular formula is C25H30F3N3O5S. The Hall–Kier alpha value is -3.12. The van der Waals surface area contributed by atoms with Gasteiger partial charge in [0.2, 0.25) is 5.91 Å². The van der Waals surface area contributed by atoms with Gasteiger partial charge in [-0.1, -0.05) is 30.3 Å². The highest BCUT2D eigenvalue weighted by molar-refractivity contribution is 7.80. The molecule has 3 rings (SSSR count). The summed E-state index contributed by atoms with van der Waals surface area (Å²) in [5.41, 5.74) is 8.32. The average molecular weight is 542 g/mol. The van der Waals surface area contributed by atoms with Gasteiger partial charge in [0.15, 0.2) is 0 Å². The second kappa shape index (κ2) is 13.4. The van der Waals surface area contributed by atoms with Crippen LogP contribution in [0.25, 0.3) is 0 Å². The van der Waals surface area contributed by atoms with Gasteiger partial charge in [-0.25, -0.2) is 4.79 Å². The molecule has 37 heavy (non-hydrogen) atoms. The van der Waals surface area contributed by atoms with Crippen molar-refractivity contribution in [2.75, 3.05) is 18.8 Å². The molecular weight excluding hydrogens is 511 g/mol. The van der Waals surface area contributed by atoms with Gasteiger partial charge in [-0.05, 0) is 43.4 Å². The molecule has 1 aliphatic rings. The summed E-state index contributed by atoms with van der Waals surface area (Å²) < 4.78 is 37.5. The topological polar surface area (TPSA) is 123 Å². The van der Waals surface area contributed by atoms with Crippen molar-refractivity contribution in [3.63, 3.8) is 0 Å². The van der Waals surface area contributed by atoms with Gasteiger partial charge in [0.25, 0.3) is 0 Å². The smallest absolute Gasteiger partial charge is 0.475 e. The molecule has 2 aromatic rings. The summed E-state index contributed by atoms with van der Waals surface area (Å²) in [4.78, 5) is 40.5. The molecule has 202 valence electrons. The van der Waals surface area contributed by atoms with Gasteiger partial charge >= 0.3 is 18.1 Å². The summed E-state index contributed by atoms with van der Waals surface area (Å²) in [5.74, 6) is -2.79. The molecule has 0 saturated carbocycles. The maximum absolute atomic E-state index is 13.3. The Labute approximate surface area is 218 Å². The molecule has 0 unspecified atom stereocenters. The van der Waals surface area contributed by atoms with Crippen LogP contribution in [0.4, 0.5) is 13.2 Å². The van der Waals surface area contributed by atoms with Crippen LogP contribution in [0.3, 0.4) is 0 Å². The van der Waals surface area contributed by atoms with Crippen LogP contribution >= 0.6 is 12.6 Å². The van der Waals surface area contributed by atoms with Crippen molar-refractivity contribution in [1.82, 2.24) is 9.88 Å². The number of carboxylic acids is 1. The van der Waals surface area contributed by atoms with Crippen molar-refractivity contribution < 1.29 is 37.4 Å². The molecule has 1 fully saturated rings. The molecule has 0 aliphatic carbocycles. The summed E-state index contributed by atoms with van der Waals surface area (Å²) in [5, 5.41) is 7.12. The molecule has 1 aromatic carbocycles. The number of alkyl halides is 3. The molecule has 0 bridgehead atoms. The van der Waals surface area contributed by atoms with Crippen LogP contribution in [-0.2, 0) is 32.1 Å². The Morgan fingerprint density at radius 2 is 1.81 bits per heavy atom. The lowest BCUT2D eigenvalue weighted by molar-refractivity contribution is -0.192. The van der Waals surface area contributed by atoms with Gasteiger partial charge < -0.3 is 20.5 Å². The third kappa shape index (κ3) is 8.74. The maximum atomic E-state index is 13.3. The fraction of sp³-hybridized carbons (Fsp3) is 0.440. The number of rotatable bonds is 7. The molecule has 12 heteroatoms. The third-order valence-corrected chi connectivity index (χ3v) is 6.50. The lowest BCUT2D eigenvalue weighted by Gasteiger charge is -2.41. The van der Waals surface area contributed by atoms with Crippen LogP contribution in [-0.4, -0.2) is 63.9 Å². The number of pyridine rings is 1. The third-order valence-electron chi connectivity index (χ3n) is 6.10. The first-order valence-electron chi connectivity index (χ1n) is 11.5. The van der Waals surface area contributed by atoms with Crippen LogP contribution in [0.2, 0.25) is 0 Å². The van der Waals surface area contributed by atoms with E-state index in [0.29, 0.717) is 38.1 Å². The number of esters is 1. The first kappa shape index (κ1) is 30.1. The zero-order valence-corrected chi connectivity index (χ0v) is 21.2. The van der Waals surface area contributed by atoms with Gasteiger partial charge in [-0.2, -0.15) is 25.8 Å². The van der Waals surface area contributed by atoms with Gasteiger partial charge in [-0.15, -0.1) is 0 Å². The van der Waals surface area contributed by atoms with Crippen molar-refractivity contribution in [2.24, 2.45) is 11.1 Å². The Morgan fingerprint density at radius 3 is 2.32 bits per heavy atom. The van der Waals surface area contributed by atoms with E-state index in [9.17, 15) is 22.8 Å². The van der Waals surface area contributed by atoms with Crippen molar-refractivity contribution in [2.45, 2.75) is 45.0 Å². The fourth-order valence-corrected chi connectivity index (χ4v) is 4.04. The summed E-state index contributed by atoms with van der Waals surface area (Å²) in [6, 6.07) is 11.2. The predicted octanol–water partition coefficient (Wildman–Crippen LogP) is 3.18. The number of thiol groups is 1. The molecule has 8 nitrogen and oxygen atoms in total. The van der Waals surface area contributed by atoms with Crippen molar-refractivity contribution in [1.29, 1.82) is 0 Å². The van der Waals surface area contributed by atoms with E-state index >= 15 is 0 Å². The maximum Gasteiger partial charge on any atom is 0.490 e. The highest BCUT2D eigenvalue weighted by Gasteiger charge is 2.44. The number of nitrogens with zero attached hydrogens (tertiary/aromatic N) is 2. The Kier molecular flexibility index (Phi) is 10.9. The van der Waals surface area contributed by atoms with Gasteiger partial charge in [0.1, 0.15) is 6.61 Å². The Morgan fingerprint density at radius 1 is 1.19 bits per heavy atom. The number of halogens is 3. The number of aliphatic carboxylic acids is 1. The van der Waals surface area contributed by atoms with Crippen LogP contribution in [0.1, 0.15) is 29.5 Å². The highest BCUT2D eigenvalue weighted by atomic mass is 32.1. The number of aryl methyl sites for hydroxylation is 1. The highest BCUT2D eigenvalue weighted by Crippen LogP contribution is 2.38. The quantitative estimate of drug-likeness (QED) is 0.364. The van der Waals surface area contributed by atoms with Gasteiger partial charge in [0.05, 0.1) is 11.5 Å². The van der Waals surface area contributed by atoms with Gasteiger partial charge in [-0.3, -0.25) is 14.6 Å². The monoisotopic (exact) mass is 541 g/mol. The van der Waals surface area contributed by atoms with Crippen LogP contribution in [0.5, 0.6) is 0 Å². The molecule has 1 saturated heterocycles. The molecule has 1 amide bonds. The van der Waals surface area contributed by atoms with Crippen molar-refractivity contribution in [3.05, 3.63) is 65.5 Å². The summed E-state index contributed by atoms with van der Waals surface area (Å²) in [6.07, 6.45) is -0.0304. The SMILES string of the molecule is Cc1ccccc1CC1(C(=O)OCc2cccnc2)CCN(C(=O)[C@@H](N)CS)CC1.O=C(O)C(F)(F)F. The minimum Gasteiger partial charge on any atom is -0.475 e. The standard InChI is InChI=1S/C23H29N3O3S.C2HF3O2/c1-17-5-2-3-7-19(17)13-23(22(28)29-15-18-6-4-10-25-14-18)8-11-26(12-9-23)21(27)20(24)16-30;3-2(4,5)1(6)7/h2-7,10,14,20,30H,8-9,11-13,15-16,24H2,1H3;(H,6,7)/t20-;/m0./s1. The Balaban J connectivity index is 0.000000604. The lowest BCUT2D eigenvalue weighted by Crippen LogP contribution is -2.52. The molecule has 0 radical (unpaired) electrons. The zero-order chi connectivity index (χ0) is 27.6. The average Bonchev–Trinajstić information content (AvgIpc) is 2.88. The molecule has 3 N–H and O–H groups in total. The molecule has 1 aromatic heterocycles. The largest absolute Gasteiger partial charge is 0.490 e. The van der Waals surface area contributed by atoms with E-state index in [1.165, 1.54) is 0 Å². The van der Waals surface area contributed by atoms with Crippen molar-refractivity contribution >= 4 is 30.5 Å². The number of carbonyl (C=O) groups is 3. The van der Waals surface area contributed by atoms with Crippen LogP contribution < -0.4 is 5.73 Å². The van der Waals surface area contributed by atoms with Gasteiger partial charge in [0, 0.05) is 36.8 Å². The van der Waals surface area contributed by atoms with E-state index in [2.05, 4.69) is 23.7 Å². The molecule has 2 heterocycles. The number of piperidine rings is 1. The number of carbonyl (C=O) groups excluding carboxylic acids is 2. The van der Waals surface area contributed by atoms with Crippen molar-refractivity contribution in [3.8, 4) is 0 Å². The predicted molar refractivity (Wildman–Crippen MR) is 133 cm³/mol. The second-order valence-corrected chi connectivity index (χ2v) is 9.10. The minimum absolute atomic E-state index is 0.113. The normalized spacial score (nSPS) is 15.7. The van der Waals surface area contributed by atoms with Crippen LogP contribution in [0, 0.1) is 12.3 Å². The number of hydrogen-bond donors (Lipinski definition) is 3. The number of hydrogen-bond acceptors (Lipinski definition) is 7. The van der Waals surface area contributed by atoms with E-state index in [-0.39, 0.29) is 18.5 Å². The number of ether oxygens (including phenoxy) is 1. The molecule has 0 spiro atoms. The van der Waals surface area contributed by atoms with E-state index in [1.54, 1.807) is 17.3 Å². The summed E-state index contributed by atoms with van der Waals surface area (Å²) in [6.45, 7) is 3.20. The molecule has 1 aliphatic heterocycles. The number of benzene rings is 1. The number of aromatic nitrogens is 1. The summed E-state index contributed by atoms with van der Waals surface area (Å²) >= 11 is 4.13. The number of nitrogens with two attached hydrogens (primary N) is 1. The van der Waals surface area contributed by atoms with E-state index in [4.69, 9.17) is 20.4 Å².